The van der Waals surface area contributed by atoms with Gasteiger partial charge in [-0.1, -0.05) is 12.1 Å². The molecular formula is C14H13NO3. The van der Waals surface area contributed by atoms with Crippen molar-refractivity contribution in [2.75, 3.05) is 0 Å². The maximum atomic E-state index is 11.6. The Balaban J connectivity index is 2.52. The number of aromatic nitrogens is 1. The number of pyridine rings is 1. The fourth-order valence-corrected chi connectivity index (χ4v) is 1.72. The number of nitrogens with one attached hydrogen (secondary N) is 1. The molecule has 1 aromatic heterocycles. The molecule has 0 saturated heterocycles. The molecule has 0 aliphatic rings. The van der Waals surface area contributed by atoms with Crippen molar-refractivity contribution in [2.45, 2.75) is 13.8 Å². The van der Waals surface area contributed by atoms with Crippen LogP contribution in [0.25, 0.3) is 11.3 Å². The zero-order valence-electron chi connectivity index (χ0n) is 10.2. The molecule has 18 heavy (non-hydrogen) atoms. The Morgan fingerprint density at radius 2 is 1.83 bits per heavy atom. The summed E-state index contributed by atoms with van der Waals surface area (Å²) in [6, 6.07) is 8.75. The van der Waals surface area contributed by atoms with Gasteiger partial charge in [0.15, 0.2) is 0 Å². The van der Waals surface area contributed by atoms with Gasteiger partial charge in [-0.2, -0.15) is 0 Å². The third kappa shape index (κ3) is 2.18. The van der Waals surface area contributed by atoms with E-state index in [1.165, 1.54) is 11.6 Å². The summed E-state index contributed by atoms with van der Waals surface area (Å²) < 4.78 is 0. The number of H-pyrrole nitrogens is 1. The second kappa shape index (κ2) is 4.49. The molecule has 0 saturated carbocycles. The Morgan fingerprint density at radius 1 is 1.11 bits per heavy atom. The lowest BCUT2D eigenvalue weighted by Gasteiger charge is -2.05. The normalized spacial score (nSPS) is 10.3. The van der Waals surface area contributed by atoms with Crippen molar-refractivity contribution in [1.29, 1.82) is 0 Å². The molecule has 0 fully saturated rings. The van der Waals surface area contributed by atoms with E-state index < -0.39 is 11.5 Å². The highest BCUT2D eigenvalue weighted by Crippen LogP contribution is 2.19. The van der Waals surface area contributed by atoms with Crippen LogP contribution in [0, 0.1) is 13.8 Å². The van der Waals surface area contributed by atoms with Gasteiger partial charge in [0.2, 0.25) is 0 Å². The number of hydrogen-bond acceptors (Lipinski definition) is 2. The molecule has 1 aromatic carbocycles. The Bertz CT molecular complexity index is 671. The van der Waals surface area contributed by atoms with E-state index in [0.29, 0.717) is 5.69 Å². The summed E-state index contributed by atoms with van der Waals surface area (Å²) in [5.41, 5.74) is 2.94. The van der Waals surface area contributed by atoms with Crippen molar-refractivity contribution in [3.8, 4) is 11.3 Å². The number of carboxylic acids is 1. The lowest BCUT2D eigenvalue weighted by molar-refractivity contribution is 0.0695. The van der Waals surface area contributed by atoms with E-state index in [-0.39, 0.29) is 5.56 Å². The molecule has 0 unspecified atom stereocenters. The van der Waals surface area contributed by atoms with Gasteiger partial charge in [-0.05, 0) is 48.7 Å². The van der Waals surface area contributed by atoms with Crippen molar-refractivity contribution in [2.24, 2.45) is 0 Å². The van der Waals surface area contributed by atoms with Gasteiger partial charge in [0.1, 0.15) is 5.56 Å². The molecule has 2 N–H and O–H groups in total. The third-order valence-corrected chi connectivity index (χ3v) is 2.96. The van der Waals surface area contributed by atoms with Gasteiger partial charge < -0.3 is 10.1 Å². The topological polar surface area (TPSA) is 70.2 Å². The number of carboxylic acid groups (broad SMARTS) is 1. The first-order valence-corrected chi connectivity index (χ1v) is 5.53. The average Bonchev–Trinajstić information content (AvgIpc) is 2.32. The van der Waals surface area contributed by atoms with Crippen molar-refractivity contribution in [3.63, 3.8) is 0 Å². The molecule has 2 aromatic rings. The Morgan fingerprint density at radius 3 is 2.39 bits per heavy atom. The molecule has 0 amide bonds. The van der Waals surface area contributed by atoms with E-state index in [0.717, 1.165) is 11.1 Å². The second-order valence-electron chi connectivity index (χ2n) is 4.22. The summed E-state index contributed by atoms with van der Waals surface area (Å²) in [6.45, 7) is 4.00. The fraction of sp³-hybridized carbons (Fsp3) is 0.143. The first kappa shape index (κ1) is 12.1. The lowest BCUT2D eigenvalue weighted by Crippen LogP contribution is -2.17. The van der Waals surface area contributed by atoms with Crippen LogP contribution < -0.4 is 5.56 Å². The van der Waals surface area contributed by atoms with Crippen LogP contribution in [0.15, 0.2) is 35.1 Å². The predicted molar refractivity (Wildman–Crippen MR) is 68.9 cm³/mol. The summed E-state index contributed by atoms with van der Waals surface area (Å²) in [7, 11) is 0. The number of aromatic amines is 1. The quantitative estimate of drug-likeness (QED) is 0.850. The predicted octanol–water partition coefficient (Wildman–Crippen LogP) is 2.36. The largest absolute Gasteiger partial charge is 0.477 e. The molecule has 4 nitrogen and oxygen atoms in total. The number of aryl methyl sites for hydroxylation is 2. The maximum Gasteiger partial charge on any atom is 0.341 e. The minimum absolute atomic E-state index is 0.248. The molecule has 0 radical (unpaired) electrons. The van der Waals surface area contributed by atoms with Crippen LogP contribution in [0.2, 0.25) is 0 Å². The number of hydrogen-bond donors (Lipinski definition) is 2. The maximum absolute atomic E-state index is 11.6. The molecule has 1 heterocycles. The highest BCUT2D eigenvalue weighted by atomic mass is 16.4. The van der Waals surface area contributed by atoms with Crippen molar-refractivity contribution >= 4 is 5.97 Å². The van der Waals surface area contributed by atoms with Crippen molar-refractivity contribution in [3.05, 3.63) is 57.4 Å². The summed E-state index contributed by atoms with van der Waals surface area (Å²) in [5.74, 6) is -1.22. The zero-order valence-corrected chi connectivity index (χ0v) is 10.2. The van der Waals surface area contributed by atoms with Crippen LogP contribution in [0.4, 0.5) is 0 Å². The second-order valence-corrected chi connectivity index (χ2v) is 4.22. The summed E-state index contributed by atoms with van der Waals surface area (Å²) in [4.78, 5) is 24.9. The molecule has 4 heteroatoms. The summed E-state index contributed by atoms with van der Waals surface area (Å²) in [5, 5.41) is 8.79. The van der Waals surface area contributed by atoms with Gasteiger partial charge in [0.05, 0.1) is 0 Å². The Hall–Kier alpha value is -2.36. The van der Waals surface area contributed by atoms with Crippen LogP contribution in [-0.4, -0.2) is 16.1 Å². The van der Waals surface area contributed by atoms with Gasteiger partial charge in [0.25, 0.3) is 5.56 Å². The summed E-state index contributed by atoms with van der Waals surface area (Å²) in [6.07, 6.45) is 0. The van der Waals surface area contributed by atoms with Gasteiger partial charge >= 0.3 is 5.97 Å². The number of benzene rings is 1. The van der Waals surface area contributed by atoms with E-state index in [1.807, 2.05) is 32.0 Å². The highest BCUT2D eigenvalue weighted by Gasteiger charge is 2.09. The van der Waals surface area contributed by atoms with Gasteiger partial charge in [0, 0.05) is 5.69 Å². The molecule has 0 aliphatic heterocycles. The SMILES string of the molecule is Cc1ccc(-c2ccc(C(=O)O)c(=O)[nH]2)cc1C. The van der Waals surface area contributed by atoms with Crippen LogP contribution >= 0.6 is 0 Å². The number of rotatable bonds is 2. The molecular weight excluding hydrogens is 230 g/mol. The van der Waals surface area contributed by atoms with E-state index in [1.54, 1.807) is 6.07 Å². The number of carbonyl (C=O) groups is 1. The summed E-state index contributed by atoms with van der Waals surface area (Å²) >= 11 is 0. The minimum Gasteiger partial charge on any atom is -0.477 e. The van der Waals surface area contributed by atoms with Crippen LogP contribution in [-0.2, 0) is 0 Å². The van der Waals surface area contributed by atoms with Crippen molar-refractivity contribution < 1.29 is 9.90 Å². The van der Waals surface area contributed by atoms with Crippen LogP contribution in [0.3, 0.4) is 0 Å². The molecule has 0 atom stereocenters. The monoisotopic (exact) mass is 243 g/mol. The molecule has 92 valence electrons. The molecule has 0 aliphatic carbocycles. The van der Waals surface area contributed by atoms with E-state index in [2.05, 4.69) is 4.98 Å². The van der Waals surface area contributed by atoms with Crippen LogP contribution in [0.5, 0.6) is 0 Å². The Labute approximate surface area is 104 Å². The smallest absolute Gasteiger partial charge is 0.341 e. The fourth-order valence-electron chi connectivity index (χ4n) is 1.72. The third-order valence-electron chi connectivity index (χ3n) is 2.96. The van der Waals surface area contributed by atoms with E-state index >= 15 is 0 Å². The van der Waals surface area contributed by atoms with E-state index in [4.69, 9.17) is 5.11 Å². The minimum atomic E-state index is -1.22. The van der Waals surface area contributed by atoms with Crippen molar-refractivity contribution in [1.82, 2.24) is 4.98 Å². The Kier molecular flexibility index (Phi) is 3.02. The van der Waals surface area contributed by atoms with Gasteiger partial charge in [-0.15, -0.1) is 0 Å². The zero-order chi connectivity index (χ0) is 13.3. The van der Waals surface area contributed by atoms with Gasteiger partial charge in [-0.3, -0.25) is 4.79 Å². The standard InChI is InChI=1S/C14H13NO3/c1-8-3-4-10(7-9(8)2)12-6-5-11(14(17)18)13(16)15-12/h3-7H,1-2H3,(H,15,16)(H,17,18). The highest BCUT2D eigenvalue weighted by molar-refractivity contribution is 5.87. The molecule has 2 rings (SSSR count). The van der Waals surface area contributed by atoms with Gasteiger partial charge in [-0.25, -0.2) is 4.79 Å². The van der Waals surface area contributed by atoms with Crippen LogP contribution in [0.1, 0.15) is 21.5 Å². The average molecular weight is 243 g/mol. The number of aromatic carboxylic acids is 1. The molecule has 0 bridgehead atoms. The van der Waals surface area contributed by atoms with E-state index in [9.17, 15) is 9.59 Å². The first-order valence-electron chi connectivity index (χ1n) is 5.53. The molecule has 0 spiro atoms. The lowest BCUT2D eigenvalue weighted by atomic mass is 10.0. The first-order chi connectivity index (χ1) is 8.49.